The van der Waals surface area contributed by atoms with Gasteiger partial charge in [-0.15, -0.1) is 0 Å². The van der Waals surface area contributed by atoms with E-state index in [1.165, 1.54) is 0 Å². The van der Waals surface area contributed by atoms with E-state index >= 15 is 0 Å². The standard InChI is InChI=1S/C10H19NO2/c1-3-8(2)10(13)11-5-4-9(6-11)7-12/h8-9,12H,3-7H2,1-2H3. The van der Waals surface area contributed by atoms with E-state index in [9.17, 15) is 4.79 Å². The zero-order valence-corrected chi connectivity index (χ0v) is 8.49. The highest BCUT2D eigenvalue weighted by atomic mass is 16.3. The lowest BCUT2D eigenvalue weighted by molar-refractivity contribution is -0.134. The first-order chi connectivity index (χ1) is 6.19. The predicted molar refractivity (Wildman–Crippen MR) is 51.2 cm³/mol. The molecule has 0 saturated carbocycles. The maximum absolute atomic E-state index is 11.7. The molecule has 1 N–H and O–H groups in total. The van der Waals surface area contributed by atoms with Crippen LogP contribution >= 0.6 is 0 Å². The van der Waals surface area contributed by atoms with Gasteiger partial charge >= 0.3 is 0 Å². The number of hydrogen-bond acceptors (Lipinski definition) is 2. The molecule has 0 aromatic carbocycles. The van der Waals surface area contributed by atoms with Crippen LogP contribution in [0, 0.1) is 11.8 Å². The fourth-order valence-electron chi connectivity index (χ4n) is 1.67. The predicted octanol–water partition coefficient (Wildman–Crippen LogP) is 0.873. The molecule has 1 amide bonds. The first-order valence-electron chi connectivity index (χ1n) is 5.08. The van der Waals surface area contributed by atoms with Gasteiger partial charge in [0.05, 0.1) is 0 Å². The fourth-order valence-corrected chi connectivity index (χ4v) is 1.67. The summed E-state index contributed by atoms with van der Waals surface area (Å²) in [6.45, 7) is 5.79. The molecule has 0 aromatic heterocycles. The van der Waals surface area contributed by atoms with Gasteiger partial charge in [0.2, 0.25) is 5.91 Å². The molecule has 1 saturated heterocycles. The highest BCUT2D eigenvalue weighted by molar-refractivity contribution is 5.78. The summed E-state index contributed by atoms with van der Waals surface area (Å²) in [5, 5.41) is 8.92. The smallest absolute Gasteiger partial charge is 0.225 e. The molecule has 76 valence electrons. The van der Waals surface area contributed by atoms with E-state index in [4.69, 9.17) is 5.11 Å². The van der Waals surface area contributed by atoms with Crippen molar-refractivity contribution in [2.45, 2.75) is 26.7 Å². The van der Waals surface area contributed by atoms with Crippen LogP contribution in [0.3, 0.4) is 0 Å². The molecular formula is C10H19NO2. The highest BCUT2D eigenvalue weighted by Gasteiger charge is 2.27. The second kappa shape index (κ2) is 4.61. The summed E-state index contributed by atoms with van der Waals surface area (Å²) in [6, 6.07) is 0. The number of rotatable bonds is 3. The van der Waals surface area contributed by atoms with Gasteiger partial charge in [0.15, 0.2) is 0 Å². The molecule has 0 radical (unpaired) electrons. The van der Waals surface area contributed by atoms with Gasteiger partial charge in [-0.3, -0.25) is 4.79 Å². The van der Waals surface area contributed by atoms with Crippen molar-refractivity contribution in [1.29, 1.82) is 0 Å². The van der Waals surface area contributed by atoms with Crippen LogP contribution < -0.4 is 0 Å². The Morgan fingerprint density at radius 3 is 2.85 bits per heavy atom. The molecule has 0 aromatic rings. The molecule has 1 fully saturated rings. The van der Waals surface area contributed by atoms with E-state index in [1.807, 2.05) is 18.7 Å². The van der Waals surface area contributed by atoms with Gasteiger partial charge in [0.25, 0.3) is 0 Å². The second-order valence-corrected chi connectivity index (χ2v) is 3.93. The Kier molecular flexibility index (Phi) is 3.72. The lowest BCUT2D eigenvalue weighted by Gasteiger charge is -2.19. The zero-order valence-electron chi connectivity index (χ0n) is 8.49. The Balaban J connectivity index is 2.41. The number of likely N-dealkylation sites (tertiary alicyclic amines) is 1. The molecule has 13 heavy (non-hydrogen) atoms. The van der Waals surface area contributed by atoms with Crippen molar-refractivity contribution in [3.8, 4) is 0 Å². The Morgan fingerprint density at radius 1 is 1.69 bits per heavy atom. The van der Waals surface area contributed by atoms with Gasteiger partial charge in [0.1, 0.15) is 0 Å². The number of aliphatic hydroxyl groups is 1. The Bertz CT molecular complexity index is 182. The van der Waals surface area contributed by atoms with Gasteiger partial charge < -0.3 is 10.0 Å². The van der Waals surface area contributed by atoms with Crippen LogP contribution in [0.25, 0.3) is 0 Å². The number of aliphatic hydroxyl groups excluding tert-OH is 1. The molecule has 2 atom stereocenters. The summed E-state index contributed by atoms with van der Waals surface area (Å²) in [4.78, 5) is 13.6. The molecule has 3 nitrogen and oxygen atoms in total. The normalized spacial score (nSPS) is 24.8. The maximum Gasteiger partial charge on any atom is 0.225 e. The van der Waals surface area contributed by atoms with Crippen LogP contribution in [0.4, 0.5) is 0 Å². The summed E-state index contributed by atoms with van der Waals surface area (Å²) in [7, 11) is 0. The third kappa shape index (κ3) is 2.44. The molecule has 3 heteroatoms. The van der Waals surface area contributed by atoms with Crippen molar-refractivity contribution in [2.75, 3.05) is 19.7 Å². The van der Waals surface area contributed by atoms with Crippen molar-refractivity contribution >= 4 is 5.91 Å². The van der Waals surface area contributed by atoms with Crippen molar-refractivity contribution < 1.29 is 9.90 Å². The molecule has 1 aliphatic rings. The Morgan fingerprint density at radius 2 is 2.38 bits per heavy atom. The second-order valence-electron chi connectivity index (χ2n) is 3.93. The van der Waals surface area contributed by atoms with Gasteiger partial charge in [-0.25, -0.2) is 0 Å². The van der Waals surface area contributed by atoms with Crippen LogP contribution in [-0.2, 0) is 4.79 Å². The van der Waals surface area contributed by atoms with E-state index in [0.717, 1.165) is 25.9 Å². The lowest BCUT2D eigenvalue weighted by atomic mass is 10.1. The van der Waals surface area contributed by atoms with Crippen LogP contribution in [-0.4, -0.2) is 35.6 Å². The topological polar surface area (TPSA) is 40.5 Å². The summed E-state index contributed by atoms with van der Waals surface area (Å²) in [6.07, 6.45) is 1.86. The Labute approximate surface area is 79.7 Å². The molecule has 1 aliphatic heterocycles. The monoisotopic (exact) mass is 185 g/mol. The average molecular weight is 185 g/mol. The minimum Gasteiger partial charge on any atom is -0.396 e. The minimum atomic E-state index is 0.137. The van der Waals surface area contributed by atoms with Crippen molar-refractivity contribution in [3.63, 3.8) is 0 Å². The number of hydrogen-bond donors (Lipinski definition) is 1. The van der Waals surface area contributed by atoms with Crippen LogP contribution in [0.5, 0.6) is 0 Å². The maximum atomic E-state index is 11.7. The largest absolute Gasteiger partial charge is 0.396 e. The quantitative estimate of drug-likeness (QED) is 0.709. The highest BCUT2D eigenvalue weighted by Crippen LogP contribution is 2.18. The van der Waals surface area contributed by atoms with Crippen LogP contribution in [0.15, 0.2) is 0 Å². The van der Waals surface area contributed by atoms with Gasteiger partial charge in [-0.1, -0.05) is 13.8 Å². The SMILES string of the molecule is CCC(C)C(=O)N1CCC(CO)C1. The molecule has 0 bridgehead atoms. The molecular weight excluding hydrogens is 166 g/mol. The average Bonchev–Trinajstić information content (AvgIpc) is 2.63. The van der Waals surface area contributed by atoms with Gasteiger partial charge in [0, 0.05) is 31.5 Å². The van der Waals surface area contributed by atoms with Crippen molar-refractivity contribution in [2.24, 2.45) is 11.8 Å². The first-order valence-corrected chi connectivity index (χ1v) is 5.08. The van der Waals surface area contributed by atoms with Crippen LogP contribution in [0.2, 0.25) is 0 Å². The van der Waals surface area contributed by atoms with E-state index in [1.54, 1.807) is 0 Å². The number of carbonyl (C=O) groups is 1. The fraction of sp³-hybridized carbons (Fsp3) is 0.900. The zero-order chi connectivity index (χ0) is 9.84. The van der Waals surface area contributed by atoms with Gasteiger partial charge in [-0.05, 0) is 12.8 Å². The summed E-state index contributed by atoms with van der Waals surface area (Å²) in [5.74, 6) is 0.698. The molecule has 2 unspecified atom stereocenters. The summed E-state index contributed by atoms with van der Waals surface area (Å²) >= 11 is 0. The van der Waals surface area contributed by atoms with Gasteiger partial charge in [-0.2, -0.15) is 0 Å². The van der Waals surface area contributed by atoms with Crippen molar-refractivity contribution in [1.82, 2.24) is 4.90 Å². The van der Waals surface area contributed by atoms with E-state index in [0.29, 0.717) is 5.92 Å². The number of carbonyl (C=O) groups excluding carboxylic acids is 1. The number of nitrogens with zero attached hydrogens (tertiary/aromatic N) is 1. The molecule has 0 spiro atoms. The third-order valence-corrected chi connectivity index (χ3v) is 2.89. The Hall–Kier alpha value is -0.570. The molecule has 0 aliphatic carbocycles. The van der Waals surface area contributed by atoms with E-state index in [2.05, 4.69) is 0 Å². The van der Waals surface area contributed by atoms with E-state index in [-0.39, 0.29) is 18.4 Å². The minimum absolute atomic E-state index is 0.137. The molecule has 1 rings (SSSR count). The molecule has 1 heterocycles. The van der Waals surface area contributed by atoms with Crippen LogP contribution in [0.1, 0.15) is 26.7 Å². The van der Waals surface area contributed by atoms with E-state index < -0.39 is 0 Å². The number of amides is 1. The summed E-state index contributed by atoms with van der Waals surface area (Å²) < 4.78 is 0. The third-order valence-electron chi connectivity index (χ3n) is 2.89. The van der Waals surface area contributed by atoms with Crippen molar-refractivity contribution in [3.05, 3.63) is 0 Å². The lowest BCUT2D eigenvalue weighted by Crippen LogP contribution is -2.33. The summed E-state index contributed by atoms with van der Waals surface area (Å²) in [5.41, 5.74) is 0. The first kappa shape index (κ1) is 10.5.